The molecule has 1 nitrogen and oxygen atoms in total. The Morgan fingerprint density at radius 1 is 1.05 bits per heavy atom. The molecule has 0 saturated carbocycles. The molecule has 0 fully saturated rings. The normalized spacial score (nSPS) is 10.7. The predicted octanol–water partition coefficient (Wildman–Crippen LogP) is 4.98. The molecular formula is C16H16BrF2N. The van der Waals surface area contributed by atoms with Gasteiger partial charge in [-0.05, 0) is 65.2 Å². The van der Waals surface area contributed by atoms with Gasteiger partial charge in [-0.15, -0.1) is 0 Å². The van der Waals surface area contributed by atoms with Gasteiger partial charge in [-0.1, -0.05) is 6.07 Å². The van der Waals surface area contributed by atoms with Crippen LogP contribution in [0.15, 0.2) is 34.8 Å². The van der Waals surface area contributed by atoms with Gasteiger partial charge in [0.2, 0.25) is 0 Å². The first kappa shape index (κ1) is 15.0. The third-order valence-electron chi connectivity index (χ3n) is 3.18. The summed E-state index contributed by atoms with van der Waals surface area (Å²) in [6, 6.07) is 8.72. The lowest BCUT2D eigenvalue weighted by molar-refractivity contribution is 0.549. The van der Waals surface area contributed by atoms with E-state index in [0.717, 1.165) is 16.8 Å². The molecule has 0 N–H and O–H groups in total. The molecule has 2 aromatic rings. The number of benzene rings is 2. The average molecular weight is 340 g/mol. The largest absolute Gasteiger partial charge is 0.370 e. The number of anilines is 1. The van der Waals surface area contributed by atoms with E-state index < -0.39 is 11.6 Å². The number of rotatable bonds is 3. The van der Waals surface area contributed by atoms with Crippen LogP contribution in [0.5, 0.6) is 0 Å². The first-order valence-electron chi connectivity index (χ1n) is 6.30. The summed E-state index contributed by atoms with van der Waals surface area (Å²) in [4.78, 5) is 1.84. The van der Waals surface area contributed by atoms with Gasteiger partial charge in [-0.25, -0.2) is 8.78 Å². The summed E-state index contributed by atoms with van der Waals surface area (Å²) < 4.78 is 28.0. The Morgan fingerprint density at radius 2 is 1.65 bits per heavy atom. The van der Waals surface area contributed by atoms with Crippen LogP contribution in [0.2, 0.25) is 0 Å². The topological polar surface area (TPSA) is 3.24 Å². The third kappa shape index (κ3) is 3.18. The van der Waals surface area contributed by atoms with Crippen molar-refractivity contribution < 1.29 is 8.78 Å². The molecule has 0 saturated heterocycles. The van der Waals surface area contributed by atoms with Crippen LogP contribution in [-0.2, 0) is 6.54 Å². The van der Waals surface area contributed by atoms with Crippen molar-refractivity contribution in [3.63, 3.8) is 0 Å². The molecule has 0 amide bonds. The highest BCUT2D eigenvalue weighted by atomic mass is 79.9. The fourth-order valence-electron chi connectivity index (χ4n) is 2.21. The van der Waals surface area contributed by atoms with Crippen molar-refractivity contribution >= 4 is 21.6 Å². The van der Waals surface area contributed by atoms with E-state index in [9.17, 15) is 8.78 Å². The van der Waals surface area contributed by atoms with Crippen molar-refractivity contribution in [2.24, 2.45) is 0 Å². The van der Waals surface area contributed by atoms with Crippen molar-refractivity contribution in [1.82, 2.24) is 0 Å². The predicted molar refractivity (Wildman–Crippen MR) is 82.1 cm³/mol. The first-order valence-corrected chi connectivity index (χ1v) is 7.09. The van der Waals surface area contributed by atoms with Gasteiger partial charge in [0, 0.05) is 24.8 Å². The lowest BCUT2D eigenvalue weighted by atomic mass is 10.1. The maximum atomic E-state index is 14.0. The van der Waals surface area contributed by atoms with Crippen LogP contribution >= 0.6 is 15.9 Å². The van der Waals surface area contributed by atoms with E-state index in [1.165, 1.54) is 12.1 Å². The van der Waals surface area contributed by atoms with Gasteiger partial charge in [-0.2, -0.15) is 0 Å². The van der Waals surface area contributed by atoms with Crippen LogP contribution in [0.3, 0.4) is 0 Å². The van der Waals surface area contributed by atoms with Crippen LogP contribution in [0.4, 0.5) is 14.5 Å². The second kappa shape index (κ2) is 5.92. The van der Waals surface area contributed by atoms with Gasteiger partial charge in [-0.3, -0.25) is 0 Å². The maximum absolute atomic E-state index is 14.0. The fraction of sp³-hybridized carbons (Fsp3) is 0.250. The third-order valence-corrected chi connectivity index (χ3v) is 3.79. The van der Waals surface area contributed by atoms with E-state index in [-0.39, 0.29) is 16.6 Å². The number of hydrogen-bond acceptors (Lipinski definition) is 1. The van der Waals surface area contributed by atoms with Crippen LogP contribution in [0, 0.1) is 25.5 Å². The van der Waals surface area contributed by atoms with E-state index in [1.54, 1.807) is 0 Å². The Labute approximate surface area is 126 Å². The number of aryl methyl sites for hydroxylation is 2. The summed E-state index contributed by atoms with van der Waals surface area (Å²) in [6.07, 6.45) is 0. The fourth-order valence-corrected chi connectivity index (χ4v) is 2.58. The summed E-state index contributed by atoms with van der Waals surface area (Å²) in [5, 5.41) is 0. The summed E-state index contributed by atoms with van der Waals surface area (Å²) in [6.45, 7) is 4.19. The van der Waals surface area contributed by atoms with Gasteiger partial charge >= 0.3 is 0 Å². The van der Waals surface area contributed by atoms with Gasteiger partial charge in [0.25, 0.3) is 0 Å². The maximum Gasteiger partial charge on any atom is 0.145 e. The molecule has 0 radical (unpaired) electrons. The standard InChI is InChI=1S/C16H16BrF2N/c1-10-6-11(2)8-12(7-10)20(3)9-13-15(18)5-4-14(17)16(13)19/h4-8H,9H2,1-3H3. The Kier molecular flexibility index (Phi) is 4.43. The van der Waals surface area contributed by atoms with E-state index in [0.29, 0.717) is 0 Å². The van der Waals surface area contributed by atoms with E-state index in [4.69, 9.17) is 0 Å². The average Bonchev–Trinajstić information content (AvgIpc) is 2.38. The molecule has 0 unspecified atom stereocenters. The van der Waals surface area contributed by atoms with Crippen LogP contribution in [0.25, 0.3) is 0 Å². The molecule has 2 rings (SSSR count). The number of halogens is 3. The van der Waals surface area contributed by atoms with Crippen LogP contribution in [0.1, 0.15) is 16.7 Å². The molecule has 106 valence electrons. The summed E-state index contributed by atoms with van der Waals surface area (Å²) in [5.41, 5.74) is 3.27. The van der Waals surface area contributed by atoms with Crippen LogP contribution in [-0.4, -0.2) is 7.05 Å². The Balaban J connectivity index is 2.32. The second-order valence-electron chi connectivity index (χ2n) is 5.02. The monoisotopic (exact) mass is 339 g/mol. The van der Waals surface area contributed by atoms with Crippen LogP contribution < -0.4 is 4.90 Å². The Hall–Kier alpha value is -1.42. The molecule has 0 aliphatic carbocycles. The second-order valence-corrected chi connectivity index (χ2v) is 5.88. The molecule has 0 aliphatic rings. The number of hydrogen-bond donors (Lipinski definition) is 0. The molecular weight excluding hydrogens is 324 g/mol. The quantitative estimate of drug-likeness (QED) is 0.712. The minimum Gasteiger partial charge on any atom is -0.370 e. The zero-order chi connectivity index (χ0) is 14.9. The van der Waals surface area contributed by atoms with Gasteiger partial charge < -0.3 is 4.90 Å². The molecule has 20 heavy (non-hydrogen) atoms. The van der Waals surface area contributed by atoms with Crippen molar-refractivity contribution in [2.45, 2.75) is 20.4 Å². The Morgan fingerprint density at radius 3 is 2.25 bits per heavy atom. The highest BCUT2D eigenvalue weighted by Gasteiger charge is 2.14. The molecule has 0 bridgehead atoms. The molecule has 2 aromatic carbocycles. The van der Waals surface area contributed by atoms with E-state index >= 15 is 0 Å². The molecule has 4 heteroatoms. The highest BCUT2D eigenvalue weighted by molar-refractivity contribution is 9.10. The van der Waals surface area contributed by atoms with Gasteiger partial charge in [0.05, 0.1) is 4.47 Å². The van der Waals surface area contributed by atoms with Crippen molar-refractivity contribution in [3.05, 3.63) is 63.1 Å². The van der Waals surface area contributed by atoms with Crippen molar-refractivity contribution in [1.29, 1.82) is 0 Å². The van der Waals surface area contributed by atoms with Crippen molar-refractivity contribution in [3.8, 4) is 0 Å². The minimum atomic E-state index is -0.541. The molecule has 0 aliphatic heterocycles. The zero-order valence-electron chi connectivity index (χ0n) is 11.7. The highest BCUT2D eigenvalue weighted by Crippen LogP contribution is 2.25. The first-order chi connectivity index (χ1) is 9.38. The zero-order valence-corrected chi connectivity index (χ0v) is 13.3. The lowest BCUT2D eigenvalue weighted by Crippen LogP contribution is -2.18. The van der Waals surface area contributed by atoms with E-state index in [1.807, 2.05) is 37.9 Å². The minimum absolute atomic E-state index is 0.0704. The number of nitrogens with zero attached hydrogens (tertiary/aromatic N) is 1. The van der Waals surface area contributed by atoms with Crippen molar-refractivity contribution in [2.75, 3.05) is 11.9 Å². The molecule has 0 heterocycles. The lowest BCUT2D eigenvalue weighted by Gasteiger charge is -2.21. The van der Waals surface area contributed by atoms with E-state index in [2.05, 4.69) is 22.0 Å². The summed E-state index contributed by atoms with van der Waals surface area (Å²) in [7, 11) is 1.83. The molecule has 0 spiro atoms. The van der Waals surface area contributed by atoms with Gasteiger partial charge in [0.1, 0.15) is 11.6 Å². The van der Waals surface area contributed by atoms with Gasteiger partial charge in [0.15, 0.2) is 0 Å². The smallest absolute Gasteiger partial charge is 0.145 e. The summed E-state index contributed by atoms with van der Waals surface area (Å²) in [5.74, 6) is -1.07. The summed E-state index contributed by atoms with van der Waals surface area (Å²) >= 11 is 3.09. The molecule has 0 aromatic heterocycles. The SMILES string of the molecule is Cc1cc(C)cc(N(C)Cc2c(F)ccc(Br)c2F)c1. The molecule has 0 atom stereocenters. The Bertz CT molecular complexity index is 620.